The monoisotopic (exact) mass is 323 g/mol. The minimum atomic E-state index is -0.866. The van der Waals surface area contributed by atoms with Crippen LogP contribution in [0.15, 0.2) is 23.1 Å². The van der Waals surface area contributed by atoms with Crippen LogP contribution in [-0.2, 0) is 9.59 Å². The van der Waals surface area contributed by atoms with Crippen molar-refractivity contribution in [3.8, 4) is 5.75 Å². The van der Waals surface area contributed by atoms with Gasteiger partial charge >= 0.3 is 5.97 Å². The van der Waals surface area contributed by atoms with Crippen LogP contribution in [-0.4, -0.2) is 34.9 Å². The van der Waals surface area contributed by atoms with Crippen molar-refractivity contribution < 1.29 is 19.4 Å². The Morgan fingerprint density at radius 1 is 1.41 bits per heavy atom. The lowest BCUT2D eigenvalue weighted by Crippen LogP contribution is -2.50. The zero-order valence-corrected chi connectivity index (χ0v) is 14.1. The number of carboxylic acid groups (broad SMARTS) is 1. The number of fused-ring (bicyclic) bond motifs is 1. The van der Waals surface area contributed by atoms with Crippen LogP contribution in [0.4, 0.5) is 5.69 Å². The van der Waals surface area contributed by atoms with E-state index in [0.717, 1.165) is 4.90 Å². The van der Waals surface area contributed by atoms with Crippen molar-refractivity contribution >= 4 is 29.3 Å². The smallest absolute Gasteiger partial charge is 0.313 e. The molecule has 0 spiro atoms. The van der Waals surface area contributed by atoms with Crippen LogP contribution >= 0.6 is 11.8 Å². The summed E-state index contributed by atoms with van der Waals surface area (Å²) in [5.74, 6) is -0.293. The lowest BCUT2D eigenvalue weighted by Gasteiger charge is -2.40. The fraction of sp³-hybridized carbons (Fsp3) is 0.500. The number of anilines is 1. The molecule has 1 aliphatic rings. The maximum absolute atomic E-state index is 12.5. The van der Waals surface area contributed by atoms with Crippen molar-refractivity contribution in [3.05, 3.63) is 18.2 Å². The molecule has 0 radical (unpaired) electrons. The molecule has 1 aromatic rings. The van der Waals surface area contributed by atoms with E-state index in [-0.39, 0.29) is 17.6 Å². The molecule has 1 N–H and O–H groups in total. The number of amides is 1. The summed E-state index contributed by atoms with van der Waals surface area (Å²) in [6.07, 6.45) is 0. The second-order valence-electron chi connectivity index (χ2n) is 6.25. The van der Waals surface area contributed by atoms with Crippen molar-refractivity contribution in [2.75, 3.05) is 17.2 Å². The second kappa shape index (κ2) is 6.20. The Hall–Kier alpha value is -1.69. The molecule has 1 amide bonds. The van der Waals surface area contributed by atoms with Crippen LogP contribution in [0.2, 0.25) is 0 Å². The molecule has 22 heavy (non-hydrogen) atoms. The number of rotatable bonds is 4. The average Bonchev–Trinajstić information content (AvgIpc) is 2.42. The first-order valence-corrected chi connectivity index (χ1v) is 8.17. The van der Waals surface area contributed by atoms with Gasteiger partial charge in [0, 0.05) is 10.8 Å². The molecule has 0 fully saturated rings. The van der Waals surface area contributed by atoms with Gasteiger partial charge in [-0.05, 0) is 32.0 Å². The lowest BCUT2D eigenvalue weighted by molar-refractivity contribution is -0.133. The molecule has 0 bridgehead atoms. The van der Waals surface area contributed by atoms with Crippen LogP contribution in [0.1, 0.15) is 27.7 Å². The third kappa shape index (κ3) is 3.74. The number of aliphatic carboxylic acids is 1. The van der Waals surface area contributed by atoms with Crippen LogP contribution in [0.25, 0.3) is 0 Å². The number of benzene rings is 1. The lowest BCUT2D eigenvalue weighted by atomic mass is 10.0. The Kier molecular flexibility index (Phi) is 4.70. The van der Waals surface area contributed by atoms with Crippen LogP contribution < -0.4 is 9.64 Å². The Bertz CT molecular complexity index is 598. The normalized spacial score (nSPS) is 16.1. The zero-order chi connectivity index (χ0) is 16.5. The van der Waals surface area contributed by atoms with Gasteiger partial charge in [-0.25, -0.2) is 0 Å². The fourth-order valence-corrected chi connectivity index (χ4v) is 2.98. The van der Waals surface area contributed by atoms with Gasteiger partial charge < -0.3 is 14.7 Å². The van der Waals surface area contributed by atoms with Crippen molar-refractivity contribution in [2.24, 2.45) is 5.92 Å². The van der Waals surface area contributed by atoms with Crippen molar-refractivity contribution in [3.63, 3.8) is 0 Å². The quantitative estimate of drug-likeness (QED) is 0.863. The highest BCUT2D eigenvalue weighted by Crippen LogP contribution is 2.40. The van der Waals surface area contributed by atoms with Gasteiger partial charge in [-0.1, -0.05) is 13.8 Å². The number of ether oxygens (including phenoxy) is 1. The Morgan fingerprint density at radius 2 is 2.09 bits per heavy atom. The van der Waals surface area contributed by atoms with Gasteiger partial charge in [0.2, 0.25) is 5.91 Å². The first-order valence-electron chi connectivity index (χ1n) is 7.18. The molecule has 1 heterocycles. The molecule has 0 aliphatic carbocycles. The summed E-state index contributed by atoms with van der Waals surface area (Å²) in [6, 6.07) is 5.46. The number of hydrogen-bond acceptors (Lipinski definition) is 4. The van der Waals surface area contributed by atoms with E-state index in [1.54, 1.807) is 11.0 Å². The van der Waals surface area contributed by atoms with E-state index in [9.17, 15) is 9.59 Å². The standard InChI is InChI=1S/C16H21NO4S/c1-10(2)15(20)17-9-16(3,4)21-13-6-5-11(7-12(13)17)22-8-14(18)19/h5-7,10H,8-9H2,1-4H3,(H,18,19). The van der Waals surface area contributed by atoms with E-state index in [1.807, 2.05) is 39.8 Å². The highest BCUT2D eigenvalue weighted by atomic mass is 32.2. The molecule has 0 aromatic heterocycles. The first kappa shape index (κ1) is 16.7. The molecule has 2 rings (SSSR count). The number of carbonyl (C=O) groups is 2. The number of carbonyl (C=O) groups excluding carboxylic acids is 1. The predicted molar refractivity (Wildman–Crippen MR) is 86.7 cm³/mol. The van der Waals surface area contributed by atoms with Crippen LogP contribution in [0.5, 0.6) is 5.75 Å². The van der Waals surface area contributed by atoms with Crippen molar-refractivity contribution in [1.29, 1.82) is 0 Å². The molecular weight excluding hydrogens is 302 g/mol. The number of hydrogen-bond donors (Lipinski definition) is 1. The molecule has 0 saturated carbocycles. The Balaban J connectivity index is 2.36. The van der Waals surface area contributed by atoms with Gasteiger partial charge in [0.15, 0.2) is 0 Å². The number of nitrogens with zero attached hydrogens (tertiary/aromatic N) is 1. The van der Waals surface area contributed by atoms with Gasteiger partial charge in [0.05, 0.1) is 18.0 Å². The largest absolute Gasteiger partial charge is 0.484 e. The van der Waals surface area contributed by atoms with E-state index in [1.165, 1.54) is 11.8 Å². The molecule has 1 aliphatic heterocycles. The maximum atomic E-state index is 12.5. The van der Waals surface area contributed by atoms with Gasteiger partial charge in [-0.15, -0.1) is 11.8 Å². The van der Waals surface area contributed by atoms with Crippen LogP contribution in [0, 0.1) is 5.92 Å². The maximum Gasteiger partial charge on any atom is 0.313 e. The zero-order valence-electron chi connectivity index (χ0n) is 13.3. The molecule has 1 aromatic carbocycles. The molecule has 0 atom stereocenters. The molecule has 5 nitrogen and oxygen atoms in total. The first-order chi connectivity index (χ1) is 10.2. The van der Waals surface area contributed by atoms with Gasteiger partial charge in [0.1, 0.15) is 11.4 Å². The summed E-state index contributed by atoms with van der Waals surface area (Å²) in [7, 11) is 0. The molecule has 6 heteroatoms. The van der Waals surface area contributed by atoms with Crippen LogP contribution in [0.3, 0.4) is 0 Å². The third-order valence-corrected chi connectivity index (χ3v) is 4.25. The molecule has 120 valence electrons. The SMILES string of the molecule is CC(C)C(=O)N1CC(C)(C)Oc2ccc(SCC(=O)O)cc21. The number of carboxylic acids is 1. The van der Waals surface area contributed by atoms with E-state index in [4.69, 9.17) is 9.84 Å². The number of thioether (sulfide) groups is 1. The predicted octanol–water partition coefficient (Wildman–Crippen LogP) is 3.02. The van der Waals surface area contributed by atoms with Crippen molar-refractivity contribution in [1.82, 2.24) is 0 Å². The highest BCUT2D eigenvalue weighted by molar-refractivity contribution is 8.00. The third-order valence-electron chi connectivity index (χ3n) is 3.27. The van der Waals surface area contributed by atoms with Crippen molar-refractivity contribution in [2.45, 2.75) is 38.2 Å². The highest BCUT2D eigenvalue weighted by Gasteiger charge is 2.35. The van der Waals surface area contributed by atoms with Gasteiger partial charge in [-0.2, -0.15) is 0 Å². The minimum Gasteiger partial charge on any atom is -0.484 e. The van der Waals surface area contributed by atoms with E-state index >= 15 is 0 Å². The van der Waals surface area contributed by atoms with E-state index in [0.29, 0.717) is 18.0 Å². The average molecular weight is 323 g/mol. The summed E-state index contributed by atoms with van der Waals surface area (Å²) in [6.45, 7) is 8.11. The molecular formula is C16H21NO4S. The topological polar surface area (TPSA) is 66.8 Å². The Morgan fingerprint density at radius 3 is 2.68 bits per heavy atom. The Labute approximate surface area is 134 Å². The second-order valence-corrected chi connectivity index (χ2v) is 7.30. The molecule has 0 unspecified atom stereocenters. The van der Waals surface area contributed by atoms with E-state index in [2.05, 4.69) is 0 Å². The summed E-state index contributed by atoms with van der Waals surface area (Å²) >= 11 is 1.23. The fourth-order valence-electron chi connectivity index (χ4n) is 2.33. The van der Waals surface area contributed by atoms with Gasteiger partial charge in [0.25, 0.3) is 0 Å². The summed E-state index contributed by atoms with van der Waals surface area (Å²) in [4.78, 5) is 25.7. The molecule has 0 saturated heterocycles. The summed E-state index contributed by atoms with van der Waals surface area (Å²) in [5.41, 5.74) is 0.265. The summed E-state index contributed by atoms with van der Waals surface area (Å²) in [5, 5.41) is 8.78. The minimum absolute atomic E-state index is 0.0107. The van der Waals surface area contributed by atoms with E-state index < -0.39 is 11.6 Å². The van der Waals surface area contributed by atoms with Gasteiger partial charge in [-0.3, -0.25) is 9.59 Å². The summed E-state index contributed by atoms with van der Waals surface area (Å²) < 4.78 is 5.94.